The fourth-order valence-electron chi connectivity index (χ4n) is 1.61. The lowest BCUT2D eigenvalue weighted by atomic mass is 9.91. The van der Waals surface area contributed by atoms with Crippen molar-refractivity contribution in [2.24, 2.45) is 5.92 Å². The van der Waals surface area contributed by atoms with E-state index >= 15 is 0 Å². The second-order valence-corrected chi connectivity index (χ2v) is 5.49. The fourth-order valence-corrected chi connectivity index (χ4v) is 2.22. The minimum atomic E-state index is 0.0703. The third-order valence-electron chi connectivity index (χ3n) is 2.56. The van der Waals surface area contributed by atoms with Gasteiger partial charge in [0.25, 0.3) is 0 Å². The first-order valence-corrected chi connectivity index (χ1v) is 6.21. The summed E-state index contributed by atoms with van der Waals surface area (Å²) in [5, 5.41) is 1.51. The molecule has 0 N–H and O–H groups in total. The summed E-state index contributed by atoms with van der Waals surface area (Å²) in [5.74, 6) is 0.620. The van der Waals surface area contributed by atoms with Gasteiger partial charge in [0.2, 0.25) is 0 Å². The molecule has 0 heterocycles. The van der Waals surface area contributed by atoms with E-state index in [1.165, 1.54) is 0 Å². The van der Waals surface area contributed by atoms with Gasteiger partial charge in [0, 0.05) is 15.4 Å². The Bertz CT molecular complexity index is 334. The van der Waals surface area contributed by atoms with Crippen molar-refractivity contribution in [2.45, 2.75) is 32.1 Å². The van der Waals surface area contributed by atoms with Gasteiger partial charge in [-0.2, -0.15) is 0 Å². The zero-order valence-electron chi connectivity index (χ0n) is 9.10. The van der Waals surface area contributed by atoms with Crippen LogP contribution in [0.5, 0.6) is 0 Å². The van der Waals surface area contributed by atoms with Gasteiger partial charge in [-0.1, -0.05) is 44.0 Å². The number of hydrogen-bond donors (Lipinski definition) is 0. The Labute approximate surface area is 107 Å². The van der Waals surface area contributed by atoms with Crippen LogP contribution >= 0.6 is 34.8 Å². The van der Waals surface area contributed by atoms with Gasteiger partial charge in [0.15, 0.2) is 0 Å². The molecule has 84 valence electrons. The minimum absolute atomic E-state index is 0.0703. The van der Waals surface area contributed by atoms with E-state index in [-0.39, 0.29) is 11.3 Å². The molecule has 0 aliphatic rings. The molecule has 2 unspecified atom stereocenters. The quantitative estimate of drug-likeness (QED) is 0.645. The van der Waals surface area contributed by atoms with Crippen LogP contribution in [-0.4, -0.2) is 5.38 Å². The highest BCUT2D eigenvalue weighted by Crippen LogP contribution is 2.34. The molecule has 0 radical (unpaired) electrons. The third-order valence-corrected chi connectivity index (χ3v) is 4.02. The Morgan fingerprint density at radius 2 is 1.67 bits per heavy atom. The van der Waals surface area contributed by atoms with Crippen molar-refractivity contribution in [3.63, 3.8) is 0 Å². The van der Waals surface area contributed by atoms with Crippen LogP contribution in [0, 0.1) is 5.92 Å². The van der Waals surface area contributed by atoms with Gasteiger partial charge in [-0.05, 0) is 35.6 Å². The Morgan fingerprint density at radius 3 is 2.20 bits per heavy atom. The first kappa shape index (κ1) is 13.2. The maximum absolute atomic E-state index is 6.32. The minimum Gasteiger partial charge on any atom is -0.122 e. The topological polar surface area (TPSA) is 0 Å². The summed E-state index contributed by atoms with van der Waals surface area (Å²) in [5.41, 5.74) is 1.03. The molecule has 0 spiro atoms. The molecule has 1 rings (SSSR count). The second-order valence-electron chi connectivity index (χ2n) is 4.14. The van der Waals surface area contributed by atoms with Crippen LogP contribution in [0.2, 0.25) is 10.0 Å². The summed E-state index contributed by atoms with van der Waals surface area (Å²) in [6, 6.07) is 5.50. The highest BCUT2D eigenvalue weighted by atomic mass is 35.5. The molecule has 0 aliphatic heterocycles. The van der Waals surface area contributed by atoms with Gasteiger partial charge < -0.3 is 0 Å². The fraction of sp³-hybridized carbons (Fsp3) is 0.500. The van der Waals surface area contributed by atoms with Gasteiger partial charge in [-0.15, -0.1) is 11.6 Å². The summed E-state index contributed by atoms with van der Waals surface area (Å²) in [6.45, 7) is 6.29. The van der Waals surface area contributed by atoms with Crippen molar-refractivity contribution in [1.29, 1.82) is 0 Å². The average molecular weight is 266 g/mol. The molecule has 0 amide bonds. The lowest BCUT2D eigenvalue weighted by molar-refractivity contribution is 0.534. The van der Waals surface area contributed by atoms with Gasteiger partial charge in [-0.25, -0.2) is 0 Å². The van der Waals surface area contributed by atoms with E-state index in [1.54, 1.807) is 6.07 Å². The van der Waals surface area contributed by atoms with Crippen molar-refractivity contribution in [1.82, 2.24) is 0 Å². The van der Waals surface area contributed by atoms with Crippen molar-refractivity contribution in [3.8, 4) is 0 Å². The summed E-state index contributed by atoms with van der Waals surface area (Å²) < 4.78 is 0. The molecule has 0 saturated carbocycles. The molecule has 0 aromatic heterocycles. The SMILES string of the molecule is CC(C)C(Cl)C(C)c1cc(Cl)ccc1Cl. The van der Waals surface area contributed by atoms with Crippen LogP contribution in [0.15, 0.2) is 18.2 Å². The van der Waals surface area contributed by atoms with E-state index in [0.29, 0.717) is 10.9 Å². The molecule has 0 nitrogen and oxygen atoms in total. The predicted molar refractivity (Wildman–Crippen MR) is 69.4 cm³/mol. The molecule has 1 aromatic rings. The lowest BCUT2D eigenvalue weighted by Crippen LogP contribution is -2.16. The normalized spacial score (nSPS) is 15.4. The first-order valence-electron chi connectivity index (χ1n) is 5.02. The number of benzene rings is 1. The highest BCUT2D eigenvalue weighted by Gasteiger charge is 2.21. The molecular weight excluding hydrogens is 250 g/mol. The lowest BCUT2D eigenvalue weighted by Gasteiger charge is -2.22. The van der Waals surface area contributed by atoms with E-state index in [0.717, 1.165) is 10.6 Å². The number of alkyl halides is 1. The van der Waals surface area contributed by atoms with Crippen LogP contribution in [0.1, 0.15) is 32.3 Å². The zero-order chi connectivity index (χ0) is 11.6. The van der Waals surface area contributed by atoms with Gasteiger partial charge in [0.1, 0.15) is 0 Å². The molecule has 0 saturated heterocycles. The Balaban J connectivity index is 2.99. The molecule has 3 heteroatoms. The highest BCUT2D eigenvalue weighted by molar-refractivity contribution is 6.33. The number of halogens is 3. The summed E-state index contributed by atoms with van der Waals surface area (Å²) in [6.07, 6.45) is 0. The molecule has 0 fully saturated rings. The summed E-state index contributed by atoms with van der Waals surface area (Å²) in [4.78, 5) is 0. The Hall–Kier alpha value is 0.0900. The maximum atomic E-state index is 6.32. The van der Waals surface area contributed by atoms with E-state index in [1.807, 2.05) is 12.1 Å². The molecular formula is C12H15Cl3. The Morgan fingerprint density at radius 1 is 1.07 bits per heavy atom. The van der Waals surface area contributed by atoms with E-state index in [2.05, 4.69) is 20.8 Å². The van der Waals surface area contributed by atoms with E-state index in [9.17, 15) is 0 Å². The van der Waals surface area contributed by atoms with Crippen LogP contribution in [0.3, 0.4) is 0 Å². The standard InChI is InChI=1S/C12H15Cl3/c1-7(2)12(15)8(3)10-6-9(13)4-5-11(10)14/h4-8,12H,1-3H3. The van der Waals surface area contributed by atoms with Gasteiger partial charge in [0.05, 0.1) is 0 Å². The molecule has 2 atom stereocenters. The second kappa shape index (κ2) is 5.43. The van der Waals surface area contributed by atoms with Crippen molar-refractivity contribution >= 4 is 34.8 Å². The summed E-state index contributed by atoms with van der Waals surface area (Å²) >= 11 is 18.4. The molecule has 0 aliphatic carbocycles. The van der Waals surface area contributed by atoms with E-state index in [4.69, 9.17) is 34.8 Å². The van der Waals surface area contributed by atoms with E-state index < -0.39 is 0 Å². The smallest absolute Gasteiger partial charge is 0.0442 e. The monoisotopic (exact) mass is 264 g/mol. The maximum Gasteiger partial charge on any atom is 0.0442 e. The number of rotatable bonds is 3. The predicted octanol–water partition coefficient (Wildman–Crippen LogP) is 5.36. The average Bonchev–Trinajstić information content (AvgIpc) is 2.19. The van der Waals surface area contributed by atoms with Crippen molar-refractivity contribution in [2.75, 3.05) is 0 Å². The van der Waals surface area contributed by atoms with Crippen LogP contribution in [-0.2, 0) is 0 Å². The number of hydrogen-bond acceptors (Lipinski definition) is 0. The van der Waals surface area contributed by atoms with Crippen LogP contribution in [0.4, 0.5) is 0 Å². The molecule has 0 bridgehead atoms. The van der Waals surface area contributed by atoms with Crippen molar-refractivity contribution < 1.29 is 0 Å². The first-order chi connectivity index (χ1) is 6.93. The summed E-state index contributed by atoms with van der Waals surface area (Å²) in [7, 11) is 0. The Kier molecular flexibility index (Phi) is 4.76. The largest absolute Gasteiger partial charge is 0.122 e. The van der Waals surface area contributed by atoms with Crippen molar-refractivity contribution in [3.05, 3.63) is 33.8 Å². The van der Waals surface area contributed by atoms with Gasteiger partial charge in [-0.3, -0.25) is 0 Å². The molecule has 15 heavy (non-hydrogen) atoms. The molecule has 1 aromatic carbocycles. The van der Waals surface area contributed by atoms with Crippen LogP contribution in [0.25, 0.3) is 0 Å². The third kappa shape index (κ3) is 3.27. The van der Waals surface area contributed by atoms with Crippen LogP contribution < -0.4 is 0 Å². The zero-order valence-corrected chi connectivity index (χ0v) is 11.4. The van der Waals surface area contributed by atoms with Gasteiger partial charge >= 0.3 is 0 Å².